The van der Waals surface area contributed by atoms with Crippen LogP contribution in [0.5, 0.6) is 0 Å². The molecule has 0 saturated carbocycles. The zero-order chi connectivity index (χ0) is 13.2. The molecular weight excluding hydrogens is 240 g/mol. The Morgan fingerprint density at radius 2 is 1.79 bits per heavy atom. The van der Waals surface area contributed by atoms with Crippen LogP contribution < -0.4 is 10.6 Å². The smallest absolute Gasteiger partial charge is 0.234 e. The molecule has 1 aromatic carbocycles. The summed E-state index contributed by atoms with van der Waals surface area (Å²) in [5.74, 6) is -0.470. The molecule has 0 spiro atoms. The van der Waals surface area contributed by atoms with Crippen molar-refractivity contribution < 1.29 is 9.59 Å². The van der Waals surface area contributed by atoms with Crippen molar-refractivity contribution in [3.63, 3.8) is 0 Å². The lowest BCUT2D eigenvalue weighted by atomic mass is 9.88. The highest BCUT2D eigenvalue weighted by molar-refractivity contribution is 6.00. The predicted octanol–water partition coefficient (Wildman–Crippen LogP) is 0.895. The quantitative estimate of drug-likeness (QED) is 0.736. The first-order valence-electron chi connectivity index (χ1n) is 6.90. The molecule has 100 valence electrons. The minimum absolute atomic E-state index is 0.150. The fraction of sp³-hybridized carbons (Fsp3) is 0.467. The van der Waals surface area contributed by atoms with Crippen LogP contribution in [0.1, 0.15) is 35.4 Å². The molecular formula is C15H18N2O2. The van der Waals surface area contributed by atoms with Gasteiger partial charge in [-0.3, -0.25) is 14.9 Å². The number of benzene rings is 1. The molecule has 2 heterocycles. The Balaban J connectivity index is 1.87. The molecule has 0 bridgehead atoms. The van der Waals surface area contributed by atoms with Gasteiger partial charge in [-0.1, -0.05) is 18.2 Å². The number of rotatable bonds is 1. The Kier molecular flexibility index (Phi) is 3.34. The van der Waals surface area contributed by atoms with Crippen molar-refractivity contribution in [2.45, 2.75) is 31.6 Å². The van der Waals surface area contributed by atoms with Gasteiger partial charge in [-0.25, -0.2) is 0 Å². The van der Waals surface area contributed by atoms with Gasteiger partial charge in [-0.05, 0) is 49.0 Å². The highest BCUT2D eigenvalue weighted by Gasteiger charge is 2.28. The van der Waals surface area contributed by atoms with Gasteiger partial charge in [0, 0.05) is 6.42 Å². The van der Waals surface area contributed by atoms with E-state index in [9.17, 15) is 9.59 Å². The molecule has 4 nitrogen and oxygen atoms in total. The summed E-state index contributed by atoms with van der Waals surface area (Å²) in [6.07, 6.45) is 3.12. The largest absolute Gasteiger partial charge is 0.316 e. The van der Waals surface area contributed by atoms with Crippen LogP contribution in [0.3, 0.4) is 0 Å². The summed E-state index contributed by atoms with van der Waals surface area (Å²) < 4.78 is 0. The van der Waals surface area contributed by atoms with Crippen molar-refractivity contribution >= 4 is 11.8 Å². The number of amides is 2. The topological polar surface area (TPSA) is 58.2 Å². The molecule has 1 saturated heterocycles. The molecule has 4 heteroatoms. The number of hydrogen-bond donors (Lipinski definition) is 2. The van der Waals surface area contributed by atoms with E-state index in [1.165, 1.54) is 11.1 Å². The van der Waals surface area contributed by atoms with Crippen molar-refractivity contribution in [2.75, 3.05) is 13.1 Å². The van der Waals surface area contributed by atoms with E-state index in [-0.39, 0.29) is 17.7 Å². The molecule has 1 aromatic rings. The summed E-state index contributed by atoms with van der Waals surface area (Å²) in [5, 5.41) is 5.81. The number of piperidine rings is 1. The molecule has 2 aliphatic heterocycles. The van der Waals surface area contributed by atoms with E-state index in [0.717, 1.165) is 31.5 Å². The minimum atomic E-state index is -0.167. The lowest BCUT2D eigenvalue weighted by Crippen LogP contribution is -2.39. The molecule has 0 radical (unpaired) electrons. The third-order valence-electron chi connectivity index (χ3n) is 4.01. The Hall–Kier alpha value is -1.68. The van der Waals surface area contributed by atoms with Crippen LogP contribution in [0.2, 0.25) is 0 Å². The molecule has 2 N–H and O–H groups in total. The molecule has 3 rings (SSSR count). The lowest BCUT2D eigenvalue weighted by Gasteiger charge is -2.22. The van der Waals surface area contributed by atoms with Gasteiger partial charge in [0.05, 0.1) is 5.92 Å². The Bertz CT molecular complexity index is 525. The number of carbonyl (C=O) groups excluding carboxylic acids is 2. The van der Waals surface area contributed by atoms with E-state index in [1.807, 2.05) is 6.07 Å². The summed E-state index contributed by atoms with van der Waals surface area (Å²) in [5.41, 5.74) is 3.76. The van der Waals surface area contributed by atoms with Gasteiger partial charge in [-0.2, -0.15) is 0 Å². The van der Waals surface area contributed by atoms with Crippen molar-refractivity contribution in [1.82, 2.24) is 10.6 Å². The van der Waals surface area contributed by atoms with Crippen LogP contribution in [0.15, 0.2) is 18.2 Å². The maximum Gasteiger partial charge on any atom is 0.234 e. The molecule has 2 aliphatic rings. The van der Waals surface area contributed by atoms with E-state index in [2.05, 4.69) is 22.8 Å². The van der Waals surface area contributed by atoms with E-state index in [4.69, 9.17) is 0 Å². The zero-order valence-electron chi connectivity index (χ0n) is 10.9. The third-order valence-corrected chi connectivity index (χ3v) is 4.01. The van der Waals surface area contributed by atoms with Crippen LogP contribution in [-0.2, 0) is 22.4 Å². The van der Waals surface area contributed by atoms with Gasteiger partial charge in [0.25, 0.3) is 0 Å². The van der Waals surface area contributed by atoms with Gasteiger partial charge >= 0.3 is 0 Å². The first-order valence-corrected chi connectivity index (χ1v) is 6.90. The SMILES string of the molecule is O=C1CCC(c2ccc3c(c2)CCNCC3)C(=O)N1. The fourth-order valence-corrected chi connectivity index (χ4v) is 2.92. The Labute approximate surface area is 112 Å². The van der Waals surface area contributed by atoms with Crippen LogP contribution in [0.25, 0.3) is 0 Å². The minimum Gasteiger partial charge on any atom is -0.316 e. The lowest BCUT2D eigenvalue weighted by molar-refractivity contribution is -0.134. The van der Waals surface area contributed by atoms with Gasteiger partial charge in [0.2, 0.25) is 11.8 Å². The second kappa shape index (κ2) is 5.13. The van der Waals surface area contributed by atoms with Gasteiger partial charge in [0.1, 0.15) is 0 Å². The monoisotopic (exact) mass is 258 g/mol. The average molecular weight is 258 g/mol. The second-order valence-corrected chi connectivity index (χ2v) is 5.28. The standard InChI is InChI=1S/C15H18N2O2/c18-14-4-3-13(15(19)17-14)12-2-1-10-5-7-16-8-6-11(10)9-12/h1-2,9,13,16H,3-8H2,(H,17,18,19). The van der Waals surface area contributed by atoms with Crippen LogP contribution in [-0.4, -0.2) is 24.9 Å². The van der Waals surface area contributed by atoms with Crippen molar-refractivity contribution in [3.05, 3.63) is 34.9 Å². The summed E-state index contributed by atoms with van der Waals surface area (Å²) in [6.45, 7) is 2.01. The number of nitrogens with one attached hydrogen (secondary N) is 2. The number of fused-ring (bicyclic) bond motifs is 1. The fourth-order valence-electron chi connectivity index (χ4n) is 2.92. The predicted molar refractivity (Wildman–Crippen MR) is 71.8 cm³/mol. The second-order valence-electron chi connectivity index (χ2n) is 5.28. The van der Waals surface area contributed by atoms with E-state index < -0.39 is 0 Å². The maximum absolute atomic E-state index is 11.9. The number of carbonyl (C=O) groups is 2. The van der Waals surface area contributed by atoms with Crippen molar-refractivity contribution in [3.8, 4) is 0 Å². The van der Waals surface area contributed by atoms with E-state index in [1.54, 1.807) is 0 Å². The number of imide groups is 1. The van der Waals surface area contributed by atoms with Crippen LogP contribution in [0, 0.1) is 0 Å². The normalized spacial score (nSPS) is 23.5. The molecule has 19 heavy (non-hydrogen) atoms. The molecule has 0 aromatic heterocycles. The Morgan fingerprint density at radius 1 is 1.00 bits per heavy atom. The zero-order valence-corrected chi connectivity index (χ0v) is 10.9. The molecule has 1 fully saturated rings. The van der Waals surface area contributed by atoms with E-state index in [0.29, 0.717) is 12.8 Å². The number of hydrogen-bond acceptors (Lipinski definition) is 3. The third kappa shape index (κ3) is 2.54. The Morgan fingerprint density at radius 3 is 2.58 bits per heavy atom. The van der Waals surface area contributed by atoms with Crippen LogP contribution in [0.4, 0.5) is 0 Å². The molecule has 2 amide bonds. The summed E-state index contributed by atoms with van der Waals surface area (Å²) in [6, 6.07) is 6.34. The first-order chi connectivity index (χ1) is 9.24. The summed E-state index contributed by atoms with van der Waals surface area (Å²) in [7, 11) is 0. The maximum atomic E-state index is 11.9. The molecule has 1 unspecified atom stereocenters. The first kappa shape index (κ1) is 12.4. The average Bonchev–Trinajstić information content (AvgIpc) is 2.63. The van der Waals surface area contributed by atoms with Crippen molar-refractivity contribution in [2.24, 2.45) is 0 Å². The van der Waals surface area contributed by atoms with E-state index >= 15 is 0 Å². The highest BCUT2D eigenvalue weighted by atomic mass is 16.2. The highest BCUT2D eigenvalue weighted by Crippen LogP contribution is 2.27. The van der Waals surface area contributed by atoms with Crippen molar-refractivity contribution in [1.29, 1.82) is 0 Å². The molecule has 1 atom stereocenters. The summed E-state index contributed by atoms with van der Waals surface area (Å²) >= 11 is 0. The van der Waals surface area contributed by atoms with Gasteiger partial charge in [0.15, 0.2) is 0 Å². The van der Waals surface area contributed by atoms with Gasteiger partial charge in [-0.15, -0.1) is 0 Å². The van der Waals surface area contributed by atoms with Crippen LogP contribution >= 0.6 is 0 Å². The molecule has 0 aliphatic carbocycles. The summed E-state index contributed by atoms with van der Waals surface area (Å²) in [4.78, 5) is 23.1. The van der Waals surface area contributed by atoms with Gasteiger partial charge < -0.3 is 5.32 Å².